The van der Waals surface area contributed by atoms with E-state index in [0.717, 1.165) is 11.3 Å². The van der Waals surface area contributed by atoms with Crippen LogP contribution in [-0.4, -0.2) is 48.1 Å². The average Bonchev–Trinajstić information content (AvgIpc) is 2.38. The van der Waals surface area contributed by atoms with Gasteiger partial charge in [0.05, 0.1) is 12.5 Å². The van der Waals surface area contributed by atoms with Gasteiger partial charge in [-0.3, -0.25) is 0 Å². The zero-order valence-electron chi connectivity index (χ0n) is 11.7. The molecule has 6 heteroatoms. The van der Waals surface area contributed by atoms with Gasteiger partial charge in [0.25, 0.3) is 0 Å². The van der Waals surface area contributed by atoms with Crippen LogP contribution in [0, 0.1) is 0 Å². The van der Waals surface area contributed by atoms with Crippen molar-refractivity contribution in [2.24, 2.45) is 0 Å². The summed E-state index contributed by atoms with van der Waals surface area (Å²) in [5.74, 6) is -0.291. The van der Waals surface area contributed by atoms with Crippen LogP contribution in [0.25, 0.3) is 0 Å². The molecule has 1 rings (SSSR count). The van der Waals surface area contributed by atoms with E-state index in [1.165, 1.54) is 0 Å². The summed E-state index contributed by atoms with van der Waals surface area (Å²) in [4.78, 5) is 22.7. The van der Waals surface area contributed by atoms with Gasteiger partial charge >= 0.3 is 12.1 Å². The Bertz CT molecular complexity index is 436. The van der Waals surface area contributed by atoms with Gasteiger partial charge in [-0.1, -0.05) is 30.3 Å². The van der Waals surface area contributed by atoms with E-state index in [2.05, 4.69) is 17.8 Å². The maximum atomic E-state index is 11.5. The minimum atomic E-state index is -1.07. The van der Waals surface area contributed by atoms with E-state index in [-0.39, 0.29) is 17.3 Å². The molecule has 0 aliphatic carbocycles. The highest BCUT2D eigenvalue weighted by Gasteiger charge is 2.21. The van der Waals surface area contributed by atoms with Gasteiger partial charge in [0.15, 0.2) is 0 Å². The summed E-state index contributed by atoms with van der Waals surface area (Å²) in [6.45, 7) is 0.305. The Kier molecular flexibility index (Phi) is 6.93. The number of amides is 1. The molecule has 0 spiro atoms. The van der Waals surface area contributed by atoms with Crippen LogP contribution in [0.5, 0.6) is 0 Å². The summed E-state index contributed by atoms with van der Waals surface area (Å²) in [5, 5.41) is 11.5. The Hall–Kier alpha value is -1.69. The Morgan fingerprint density at radius 1 is 1.30 bits per heavy atom. The molecule has 0 radical (unpaired) electrons. The summed E-state index contributed by atoms with van der Waals surface area (Å²) in [7, 11) is 0.194. The highest BCUT2D eigenvalue weighted by atomic mass is 32.2. The minimum Gasteiger partial charge on any atom is -0.480 e. The van der Waals surface area contributed by atoms with E-state index in [1.807, 2.05) is 30.3 Å². The summed E-state index contributed by atoms with van der Waals surface area (Å²) >= 11 is 0. The highest BCUT2D eigenvalue weighted by Crippen LogP contribution is 2.03. The normalized spacial score (nSPS) is 11.9. The topological polar surface area (TPSA) is 75.6 Å². The van der Waals surface area contributed by atoms with Crippen molar-refractivity contribution < 1.29 is 19.4 Å². The van der Waals surface area contributed by atoms with Crippen molar-refractivity contribution in [3.63, 3.8) is 0 Å². The molecule has 0 fully saturated rings. The first kappa shape index (κ1) is 16.4. The number of hydrogen-bond acceptors (Lipinski definition) is 3. The third-order valence-corrected chi connectivity index (χ3v) is 3.58. The third-order valence-electron chi connectivity index (χ3n) is 2.60. The number of benzene rings is 1. The van der Waals surface area contributed by atoms with Crippen LogP contribution in [0.3, 0.4) is 0 Å². The second kappa shape index (κ2) is 8.47. The predicted octanol–water partition coefficient (Wildman–Crippen LogP) is 1.29. The average molecular weight is 298 g/mol. The summed E-state index contributed by atoms with van der Waals surface area (Å²) in [6.07, 6.45) is 3.66. The van der Waals surface area contributed by atoms with Crippen LogP contribution in [0.4, 0.5) is 4.79 Å². The largest absolute Gasteiger partial charge is 0.480 e. The first-order chi connectivity index (χ1) is 9.49. The standard InChI is InChI=1S/C14H19NO4S/c1-20(2)9-8-19-14(18)15-12(13(16)17)10-11-6-4-3-5-7-11/h3-7,12H,8-10H2,1-2H3,(H-,15,16,17,18)/p+1/t12-/m0/s1. The quantitative estimate of drug-likeness (QED) is 0.744. The molecule has 110 valence electrons. The van der Waals surface area contributed by atoms with Crippen molar-refractivity contribution in [2.75, 3.05) is 24.9 Å². The summed E-state index contributed by atoms with van der Waals surface area (Å²) in [6, 6.07) is 8.18. The first-order valence-corrected chi connectivity index (χ1v) is 8.44. The Labute approximate surface area is 121 Å². The lowest BCUT2D eigenvalue weighted by Gasteiger charge is -2.14. The fourth-order valence-electron chi connectivity index (χ4n) is 1.53. The molecular formula is C14H20NO4S+. The van der Waals surface area contributed by atoms with Crippen molar-refractivity contribution in [3.8, 4) is 0 Å². The Morgan fingerprint density at radius 3 is 2.50 bits per heavy atom. The zero-order valence-corrected chi connectivity index (χ0v) is 12.5. The molecule has 1 aromatic carbocycles. The number of hydrogen-bond donors (Lipinski definition) is 2. The van der Waals surface area contributed by atoms with E-state index < -0.39 is 18.1 Å². The van der Waals surface area contributed by atoms with Gasteiger partial charge in [-0.15, -0.1) is 0 Å². The maximum absolute atomic E-state index is 11.5. The zero-order chi connectivity index (χ0) is 15.0. The van der Waals surface area contributed by atoms with Crippen LogP contribution in [0.1, 0.15) is 5.56 Å². The molecular weight excluding hydrogens is 278 g/mol. The Balaban J connectivity index is 2.47. The second-order valence-electron chi connectivity index (χ2n) is 4.55. The molecule has 1 amide bonds. The van der Waals surface area contributed by atoms with Gasteiger partial charge in [-0.25, -0.2) is 9.59 Å². The number of nitrogens with one attached hydrogen (secondary N) is 1. The van der Waals surface area contributed by atoms with Crippen molar-refractivity contribution in [1.82, 2.24) is 5.32 Å². The van der Waals surface area contributed by atoms with Crippen LogP contribution >= 0.6 is 0 Å². The van der Waals surface area contributed by atoms with Crippen LogP contribution in [0.15, 0.2) is 30.3 Å². The van der Waals surface area contributed by atoms with Gasteiger partial charge in [0.2, 0.25) is 0 Å². The van der Waals surface area contributed by atoms with Crippen molar-refractivity contribution in [1.29, 1.82) is 0 Å². The molecule has 0 unspecified atom stereocenters. The molecule has 0 aliphatic rings. The van der Waals surface area contributed by atoms with Crippen molar-refractivity contribution >= 4 is 23.0 Å². The summed E-state index contributed by atoms with van der Waals surface area (Å²) < 4.78 is 4.96. The predicted molar refractivity (Wildman–Crippen MR) is 80.1 cm³/mol. The number of carbonyl (C=O) groups is 2. The molecule has 0 bridgehead atoms. The summed E-state index contributed by atoms with van der Waals surface area (Å²) in [5.41, 5.74) is 0.851. The minimum absolute atomic E-state index is 0.194. The van der Waals surface area contributed by atoms with E-state index >= 15 is 0 Å². The second-order valence-corrected chi connectivity index (χ2v) is 6.93. The van der Waals surface area contributed by atoms with E-state index in [4.69, 9.17) is 9.84 Å². The molecule has 1 atom stereocenters. The number of carbonyl (C=O) groups excluding carboxylic acids is 1. The lowest BCUT2D eigenvalue weighted by atomic mass is 10.1. The fourth-order valence-corrected chi connectivity index (χ4v) is 1.95. The number of aliphatic carboxylic acids is 1. The van der Waals surface area contributed by atoms with Gasteiger partial charge in [-0.05, 0) is 16.5 Å². The van der Waals surface area contributed by atoms with Gasteiger partial charge in [0.1, 0.15) is 18.4 Å². The molecule has 0 heterocycles. The van der Waals surface area contributed by atoms with Gasteiger partial charge < -0.3 is 15.2 Å². The number of carboxylic acids is 1. The maximum Gasteiger partial charge on any atom is 0.408 e. The molecule has 0 aromatic heterocycles. The molecule has 20 heavy (non-hydrogen) atoms. The highest BCUT2D eigenvalue weighted by molar-refractivity contribution is 7.95. The molecule has 2 N–H and O–H groups in total. The van der Waals surface area contributed by atoms with Gasteiger partial charge in [0, 0.05) is 6.42 Å². The van der Waals surface area contributed by atoms with Crippen LogP contribution < -0.4 is 5.32 Å². The number of carboxylic acid groups (broad SMARTS) is 1. The van der Waals surface area contributed by atoms with Gasteiger partial charge in [-0.2, -0.15) is 0 Å². The van der Waals surface area contributed by atoms with Crippen LogP contribution in [0.2, 0.25) is 0 Å². The van der Waals surface area contributed by atoms with Crippen LogP contribution in [-0.2, 0) is 26.8 Å². The van der Waals surface area contributed by atoms with Crippen molar-refractivity contribution in [3.05, 3.63) is 35.9 Å². The monoisotopic (exact) mass is 298 g/mol. The molecule has 0 saturated heterocycles. The number of ether oxygens (including phenoxy) is 1. The van der Waals surface area contributed by atoms with E-state index in [1.54, 1.807) is 0 Å². The molecule has 0 saturated carbocycles. The lowest BCUT2D eigenvalue weighted by Crippen LogP contribution is -2.42. The molecule has 5 nitrogen and oxygen atoms in total. The van der Waals surface area contributed by atoms with Crippen molar-refractivity contribution in [2.45, 2.75) is 12.5 Å². The molecule has 1 aromatic rings. The third kappa shape index (κ3) is 6.47. The van der Waals surface area contributed by atoms with E-state index in [0.29, 0.717) is 6.61 Å². The Morgan fingerprint density at radius 2 is 1.95 bits per heavy atom. The first-order valence-electron chi connectivity index (χ1n) is 6.23. The number of rotatable bonds is 7. The fraction of sp³-hybridized carbons (Fsp3) is 0.429. The molecule has 0 aliphatic heterocycles. The van der Waals surface area contributed by atoms with E-state index in [9.17, 15) is 9.59 Å². The lowest BCUT2D eigenvalue weighted by molar-refractivity contribution is -0.139. The SMILES string of the molecule is C[S+](C)CCOC(=O)N[C@@H](Cc1ccccc1)C(=O)O. The smallest absolute Gasteiger partial charge is 0.408 e. The number of alkyl carbamates (subject to hydrolysis) is 1.